The van der Waals surface area contributed by atoms with Gasteiger partial charge < -0.3 is 10.5 Å². The van der Waals surface area contributed by atoms with E-state index in [2.05, 4.69) is 0 Å². The monoisotopic (exact) mass is 183 g/mol. The molecule has 0 unspecified atom stereocenters. The Kier molecular flexibility index (Phi) is 2.89. The summed E-state index contributed by atoms with van der Waals surface area (Å²) in [7, 11) is 0. The molecule has 2 heteroatoms. The average molecular weight is 183 g/mol. The summed E-state index contributed by atoms with van der Waals surface area (Å²) in [5.41, 5.74) is 6.20. The van der Waals surface area contributed by atoms with Crippen LogP contribution in [-0.4, -0.2) is 18.2 Å². The number of hydrogen-bond donors (Lipinski definition) is 1. The van der Waals surface area contributed by atoms with Crippen LogP contribution in [0.5, 0.6) is 0 Å². The van der Waals surface area contributed by atoms with Crippen LogP contribution < -0.4 is 5.73 Å². The molecule has 1 aliphatic carbocycles. The van der Waals surface area contributed by atoms with Gasteiger partial charge in [0, 0.05) is 12.6 Å². The molecule has 2 fully saturated rings. The highest BCUT2D eigenvalue weighted by atomic mass is 16.5. The molecule has 0 amide bonds. The van der Waals surface area contributed by atoms with Gasteiger partial charge in [-0.05, 0) is 25.7 Å². The van der Waals surface area contributed by atoms with E-state index < -0.39 is 0 Å². The van der Waals surface area contributed by atoms with Crippen molar-refractivity contribution >= 4 is 0 Å². The summed E-state index contributed by atoms with van der Waals surface area (Å²) < 4.78 is 5.98. The van der Waals surface area contributed by atoms with Crippen LogP contribution in [0.15, 0.2) is 0 Å². The molecule has 1 spiro atoms. The minimum absolute atomic E-state index is 0.189. The number of hydrogen-bond acceptors (Lipinski definition) is 2. The van der Waals surface area contributed by atoms with E-state index in [1.54, 1.807) is 0 Å². The fraction of sp³-hybridized carbons (Fsp3) is 1.00. The fourth-order valence-corrected chi connectivity index (χ4v) is 2.79. The minimum Gasteiger partial charge on any atom is -0.375 e. The minimum atomic E-state index is 0.189. The molecule has 2 rings (SSSR count). The van der Waals surface area contributed by atoms with Crippen molar-refractivity contribution in [2.75, 3.05) is 6.61 Å². The van der Waals surface area contributed by atoms with E-state index in [1.807, 2.05) is 0 Å². The smallest absolute Gasteiger partial charge is 0.0697 e. The van der Waals surface area contributed by atoms with Gasteiger partial charge in [0.15, 0.2) is 0 Å². The van der Waals surface area contributed by atoms with Crippen LogP contribution in [-0.2, 0) is 4.74 Å². The highest BCUT2D eigenvalue weighted by Crippen LogP contribution is 2.36. The molecule has 2 aliphatic rings. The standard InChI is InChI=1S/C11H21NO/c12-10-5-8-13-11(9-10)6-3-1-2-4-7-11/h10H,1-9,12H2/t10-/m0/s1. The van der Waals surface area contributed by atoms with Crippen molar-refractivity contribution in [3.63, 3.8) is 0 Å². The second-order valence-corrected chi connectivity index (χ2v) is 4.70. The Hall–Kier alpha value is -0.0800. The Labute approximate surface area is 80.8 Å². The third-order valence-electron chi connectivity index (χ3n) is 3.55. The quantitative estimate of drug-likeness (QED) is 0.625. The molecule has 1 atom stereocenters. The second-order valence-electron chi connectivity index (χ2n) is 4.70. The zero-order chi connectivity index (χ0) is 9.15. The van der Waals surface area contributed by atoms with E-state index in [9.17, 15) is 0 Å². The van der Waals surface area contributed by atoms with E-state index in [4.69, 9.17) is 10.5 Å². The molecule has 2 nitrogen and oxygen atoms in total. The van der Waals surface area contributed by atoms with Crippen molar-refractivity contribution in [2.24, 2.45) is 5.73 Å². The summed E-state index contributed by atoms with van der Waals surface area (Å²) in [6.07, 6.45) is 10.1. The normalized spacial score (nSPS) is 34.4. The third kappa shape index (κ3) is 2.23. The summed E-state index contributed by atoms with van der Waals surface area (Å²) in [4.78, 5) is 0. The van der Waals surface area contributed by atoms with E-state index in [0.29, 0.717) is 6.04 Å². The zero-order valence-corrected chi connectivity index (χ0v) is 8.43. The van der Waals surface area contributed by atoms with E-state index in [0.717, 1.165) is 19.4 Å². The summed E-state index contributed by atoms with van der Waals surface area (Å²) in [5.74, 6) is 0. The first kappa shape index (κ1) is 9.47. The molecule has 0 aromatic rings. The highest BCUT2D eigenvalue weighted by Gasteiger charge is 2.36. The molecule has 0 bridgehead atoms. The third-order valence-corrected chi connectivity index (χ3v) is 3.55. The first-order valence-electron chi connectivity index (χ1n) is 5.70. The van der Waals surface area contributed by atoms with Gasteiger partial charge in [0.25, 0.3) is 0 Å². The Morgan fingerprint density at radius 2 is 1.77 bits per heavy atom. The summed E-state index contributed by atoms with van der Waals surface area (Å²) >= 11 is 0. The lowest BCUT2D eigenvalue weighted by Crippen LogP contribution is -2.44. The molecule has 76 valence electrons. The van der Waals surface area contributed by atoms with Gasteiger partial charge in [0.1, 0.15) is 0 Å². The van der Waals surface area contributed by atoms with Gasteiger partial charge in [-0.1, -0.05) is 25.7 Å². The Bertz CT molecular complexity index is 161. The lowest BCUT2D eigenvalue weighted by molar-refractivity contribution is -0.0931. The van der Waals surface area contributed by atoms with Crippen LogP contribution in [0, 0.1) is 0 Å². The zero-order valence-electron chi connectivity index (χ0n) is 8.43. The largest absolute Gasteiger partial charge is 0.375 e. The molecule has 0 radical (unpaired) electrons. The van der Waals surface area contributed by atoms with Crippen LogP contribution in [0.3, 0.4) is 0 Å². The SMILES string of the molecule is N[C@H]1CCOC2(CCCCCC2)C1. The van der Waals surface area contributed by atoms with Gasteiger partial charge in [0.05, 0.1) is 5.60 Å². The molecule has 1 heterocycles. The van der Waals surface area contributed by atoms with Gasteiger partial charge in [-0.15, -0.1) is 0 Å². The van der Waals surface area contributed by atoms with Crippen molar-refractivity contribution in [3.05, 3.63) is 0 Å². The molecular weight excluding hydrogens is 162 g/mol. The molecule has 1 aliphatic heterocycles. The maximum Gasteiger partial charge on any atom is 0.0697 e. The molecule has 13 heavy (non-hydrogen) atoms. The predicted molar refractivity (Wildman–Crippen MR) is 53.6 cm³/mol. The van der Waals surface area contributed by atoms with Gasteiger partial charge in [-0.25, -0.2) is 0 Å². The van der Waals surface area contributed by atoms with Crippen LogP contribution >= 0.6 is 0 Å². The number of ether oxygens (including phenoxy) is 1. The number of rotatable bonds is 0. The molecule has 1 saturated heterocycles. The van der Waals surface area contributed by atoms with Crippen molar-refractivity contribution in [1.29, 1.82) is 0 Å². The van der Waals surface area contributed by atoms with Crippen molar-refractivity contribution in [2.45, 2.75) is 63.0 Å². The van der Waals surface area contributed by atoms with Crippen LogP contribution in [0.25, 0.3) is 0 Å². The number of nitrogens with two attached hydrogens (primary N) is 1. The second kappa shape index (κ2) is 3.97. The maximum atomic E-state index is 6.01. The Morgan fingerprint density at radius 3 is 2.38 bits per heavy atom. The molecular formula is C11H21NO. The van der Waals surface area contributed by atoms with E-state index in [1.165, 1.54) is 38.5 Å². The van der Waals surface area contributed by atoms with Crippen LogP contribution in [0.4, 0.5) is 0 Å². The summed E-state index contributed by atoms with van der Waals surface area (Å²) in [6, 6.07) is 0.395. The molecule has 0 aromatic carbocycles. The van der Waals surface area contributed by atoms with Crippen molar-refractivity contribution in [3.8, 4) is 0 Å². The Morgan fingerprint density at radius 1 is 1.08 bits per heavy atom. The summed E-state index contributed by atoms with van der Waals surface area (Å²) in [5, 5.41) is 0. The lowest BCUT2D eigenvalue weighted by atomic mass is 9.84. The average Bonchev–Trinajstić information content (AvgIpc) is 2.31. The van der Waals surface area contributed by atoms with Crippen molar-refractivity contribution in [1.82, 2.24) is 0 Å². The van der Waals surface area contributed by atoms with Gasteiger partial charge >= 0.3 is 0 Å². The van der Waals surface area contributed by atoms with E-state index in [-0.39, 0.29) is 5.60 Å². The van der Waals surface area contributed by atoms with Gasteiger partial charge in [0.2, 0.25) is 0 Å². The summed E-state index contributed by atoms with van der Waals surface area (Å²) in [6.45, 7) is 0.890. The lowest BCUT2D eigenvalue weighted by Gasteiger charge is -2.39. The molecule has 0 aromatic heterocycles. The van der Waals surface area contributed by atoms with Crippen LogP contribution in [0.1, 0.15) is 51.4 Å². The van der Waals surface area contributed by atoms with Gasteiger partial charge in [-0.2, -0.15) is 0 Å². The van der Waals surface area contributed by atoms with Crippen molar-refractivity contribution < 1.29 is 4.74 Å². The van der Waals surface area contributed by atoms with Gasteiger partial charge in [-0.3, -0.25) is 0 Å². The van der Waals surface area contributed by atoms with Crippen LogP contribution in [0.2, 0.25) is 0 Å². The topological polar surface area (TPSA) is 35.2 Å². The Balaban J connectivity index is 1.99. The predicted octanol–water partition coefficient (Wildman–Crippen LogP) is 2.22. The van der Waals surface area contributed by atoms with E-state index >= 15 is 0 Å². The highest BCUT2D eigenvalue weighted by molar-refractivity contribution is 4.89. The molecule has 1 saturated carbocycles. The maximum absolute atomic E-state index is 6.01. The first-order valence-corrected chi connectivity index (χ1v) is 5.70. The molecule has 2 N–H and O–H groups in total. The fourth-order valence-electron chi connectivity index (χ4n) is 2.79. The first-order chi connectivity index (χ1) is 6.31.